The molecule has 4 heteroatoms. The topological polar surface area (TPSA) is 59.4 Å². The zero-order chi connectivity index (χ0) is 10.3. The maximum absolute atomic E-state index is 9.36. The molecule has 0 saturated heterocycles. The molecule has 1 unspecified atom stereocenters. The molecule has 0 fully saturated rings. The Morgan fingerprint density at radius 1 is 1.40 bits per heavy atom. The average molecular weight is 228 g/mol. The van der Waals surface area contributed by atoms with Crippen LogP contribution in [0.2, 0.25) is 0 Å². The highest BCUT2D eigenvalue weighted by molar-refractivity contribution is 5.85. The minimum Gasteiger partial charge on any atom is -0.508 e. The van der Waals surface area contributed by atoms with E-state index in [2.05, 4.69) is 0 Å². The second-order valence-corrected chi connectivity index (χ2v) is 3.54. The first-order chi connectivity index (χ1) is 6.59. The molecule has 1 aromatic carbocycles. The Hall–Kier alpha value is -1.19. The van der Waals surface area contributed by atoms with Crippen LogP contribution in [0.3, 0.4) is 0 Å². The zero-order valence-corrected chi connectivity index (χ0v) is 9.47. The Kier molecular flexibility index (Phi) is 3.27. The lowest BCUT2D eigenvalue weighted by Gasteiger charge is -2.03. The van der Waals surface area contributed by atoms with Crippen molar-refractivity contribution in [2.75, 3.05) is 0 Å². The Morgan fingerprint density at radius 3 is 2.67 bits per heavy atom. The van der Waals surface area contributed by atoms with Gasteiger partial charge in [0.15, 0.2) is 0 Å². The number of fused-ring (bicyclic) bond motifs is 1. The smallest absolute Gasteiger partial charge is 0.134 e. The van der Waals surface area contributed by atoms with Crippen molar-refractivity contribution in [1.82, 2.24) is 0 Å². The molecule has 1 aromatic heterocycles. The van der Waals surface area contributed by atoms with Gasteiger partial charge in [0, 0.05) is 17.0 Å². The van der Waals surface area contributed by atoms with Crippen LogP contribution >= 0.6 is 12.4 Å². The van der Waals surface area contributed by atoms with Crippen molar-refractivity contribution in [3.63, 3.8) is 0 Å². The van der Waals surface area contributed by atoms with Crippen LogP contribution in [0.1, 0.15) is 24.3 Å². The van der Waals surface area contributed by atoms with Crippen molar-refractivity contribution >= 4 is 23.4 Å². The summed E-state index contributed by atoms with van der Waals surface area (Å²) < 4.78 is 5.52. The van der Waals surface area contributed by atoms with Gasteiger partial charge in [-0.2, -0.15) is 0 Å². The molecule has 2 aromatic rings. The van der Waals surface area contributed by atoms with E-state index in [9.17, 15) is 5.11 Å². The lowest BCUT2D eigenvalue weighted by molar-refractivity contribution is 0.475. The van der Waals surface area contributed by atoms with E-state index in [-0.39, 0.29) is 24.2 Å². The molecule has 0 bridgehead atoms. The summed E-state index contributed by atoms with van der Waals surface area (Å²) in [5.41, 5.74) is 7.57. The highest BCUT2D eigenvalue weighted by atomic mass is 35.5. The number of phenolic OH excluding ortho intramolecular Hbond substituents is 1. The van der Waals surface area contributed by atoms with E-state index in [1.807, 2.05) is 13.8 Å². The van der Waals surface area contributed by atoms with E-state index < -0.39 is 0 Å². The predicted molar refractivity (Wildman–Crippen MR) is 62.5 cm³/mol. The fraction of sp³-hybridized carbons (Fsp3) is 0.273. The largest absolute Gasteiger partial charge is 0.508 e. The Bertz CT molecular complexity index is 477. The third-order valence-corrected chi connectivity index (χ3v) is 2.35. The number of benzene rings is 1. The third-order valence-electron chi connectivity index (χ3n) is 2.35. The maximum Gasteiger partial charge on any atom is 0.134 e. The van der Waals surface area contributed by atoms with E-state index in [1.165, 1.54) is 0 Å². The summed E-state index contributed by atoms with van der Waals surface area (Å²) >= 11 is 0. The van der Waals surface area contributed by atoms with E-state index >= 15 is 0 Å². The maximum atomic E-state index is 9.36. The molecule has 82 valence electrons. The van der Waals surface area contributed by atoms with Crippen LogP contribution in [-0.4, -0.2) is 5.11 Å². The Morgan fingerprint density at radius 2 is 2.07 bits per heavy atom. The molecule has 1 atom stereocenters. The van der Waals surface area contributed by atoms with Gasteiger partial charge in [-0.25, -0.2) is 0 Å². The second-order valence-electron chi connectivity index (χ2n) is 3.54. The third kappa shape index (κ3) is 1.94. The molecule has 3 N–H and O–H groups in total. The minimum atomic E-state index is -0.0851. The number of rotatable bonds is 1. The van der Waals surface area contributed by atoms with Gasteiger partial charge in [0.25, 0.3) is 0 Å². The van der Waals surface area contributed by atoms with Crippen LogP contribution in [-0.2, 0) is 0 Å². The second kappa shape index (κ2) is 4.13. The molecule has 2 rings (SSSR count). The Labute approximate surface area is 94.3 Å². The summed E-state index contributed by atoms with van der Waals surface area (Å²) in [7, 11) is 0. The molecule has 0 spiro atoms. The normalized spacial score (nSPS) is 12.5. The molecule has 1 heterocycles. The van der Waals surface area contributed by atoms with Crippen molar-refractivity contribution in [3.8, 4) is 5.75 Å². The number of halogens is 1. The number of phenols is 1. The summed E-state index contributed by atoms with van der Waals surface area (Å²) in [5, 5.41) is 10.3. The highest BCUT2D eigenvalue weighted by Gasteiger charge is 2.14. The quantitative estimate of drug-likeness (QED) is 0.788. The summed E-state index contributed by atoms with van der Waals surface area (Å²) in [5.74, 6) is 1.06. The lowest BCUT2D eigenvalue weighted by atomic mass is 10.1. The lowest BCUT2D eigenvalue weighted by Crippen LogP contribution is -2.05. The number of furan rings is 1. The van der Waals surface area contributed by atoms with Crippen molar-refractivity contribution in [3.05, 3.63) is 29.5 Å². The van der Waals surface area contributed by atoms with Gasteiger partial charge in [-0.15, -0.1) is 12.4 Å². The number of nitrogens with two attached hydrogens (primary N) is 1. The van der Waals surface area contributed by atoms with Gasteiger partial charge in [-0.1, -0.05) is 0 Å². The highest BCUT2D eigenvalue weighted by Crippen LogP contribution is 2.31. The number of aryl methyl sites for hydroxylation is 1. The van der Waals surface area contributed by atoms with Gasteiger partial charge < -0.3 is 15.3 Å². The molecule has 0 saturated carbocycles. The van der Waals surface area contributed by atoms with Crippen molar-refractivity contribution < 1.29 is 9.52 Å². The number of hydrogen-bond acceptors (Lipinski definition) is 3. The monoisotopic (exact) mass is 227 g/mol. The molecule has 0 aliphatic rings. The number of hydrogen-bond donors (Lipinski definition) is 2. The zero-order valence-electron chi connectivity index (χ0n) is 8.65. The number of aromatic hydroxyl groups is 1. The first kappa shape index (κ1) is 11.9. The van der Waals surface area contributed by atoms with Crippen LogP contribution in [0.15, 0.2) is 22.6 Å². The minimum absolute atomic E-state index is 0. The summed E-state index contributed by atoms with van der Waals surface area (Å²) in [6.45, 7) is 3.79. The molecule has 0 aliphatic carbocycles. The fourth-order valence-corrected chi connectivity index (χ4v) is 1.79. The van der Waals surface area contributed by atoms with Gasteiger partial charge >= 0.3 is 0 Å². The van der Waals surface area contributed by atoms with Gasteiger partial charge in [-0.3, -0.25) is 0 Å². The van der Waals surface area contributed by atoms with Crippen molar-refractivity contribution in [2.24, 2.45) is 5.73 Å². The van der Waals surface area contributed by atoms with E-state index in [4.69, 9.17) is 10.2 Å². The Balaban J connectivity index is 0.00000112. The summed E-state index contributed by atoms with van der Waals surface area (Å²) in [6.07, 6.45) is 0. The first-order valence-corrected chi connectivity index (χ1v) is 4.57. The molecule has 0 amide bonds. The molecular formula is C11H14ClNO2. The van der Waals surface area contributed by atoms with Crippen molar-refractivity contribution in [1.29, 1.82) is 0 Å². The summed E-state index contributed by atoms with van der Waals surface area (Å²) in [4.78, 5) is 0. The van der Waals surface area contributed by atoms with Gasteiger partial charge in [0.1, 0.15) is 17.1 Å². The molecule has 0 radical (unpaired) electrons. The van der Waals surface area contributed by atoms with Crippen LogP contribution < -0.4 is 5.73 Å². The van der Waals surface area contributed by atoms with Crippen LogP contribution in [0.5, 0.6) is 5.75 Å². The first-order valence-electron chi connectivity index (χ1n) is 4.57. The van der Waals surface area contributed by atoms with Crippen LogP contribution in [0.4, 0.5) is 0 Å². The summed E-state index contributed by atoms with van der Waals surface area (Å²) in [6, 6.07) is 4.96. The van der Waals surface area contributed by atoms with Crippen LogP contribution in [0, 0.1) is 6.92 Å². The molecule has 3 nitrogen and oxygen atoms in total. The van der Waals surface area contributed by atoms with E-state index in [1.54, 1.807) is 18.2 Å². The molecular weight excluding hydrogens is 214 g/mol. The van der Waals surface area contributed by atoms with E-state index in [0.717, 1.165) is 22.3 Å². The predicted octanol–water partition coefficient (Wildman–Crippen LogP) is 2.89. The van der Waals surface area contributed by atoms with Gasteiger partial charge in [0.05, 0.1) is 0 Å². The van der Waals surface area contributed by atoms with Crippen molar-refractivity contribution in [2.45, 2.75) is 19.9 Å². The molecule has 0 aliphatic heterocycles. The fourth-order valence-electron chi connectivity index (χ4n) is 1.79. The van der Waals surface area contributed by atoms with Crippen LogP contribution in [0.25, 0.3) is 11.0 Å². The standard InChI is InChI=1S/C11H13NO2.ClH/c1-6(12)11-7(2)14-10-4-3-8(13)5-9(10)11;/h3-6,13H,12H2,1-2H3;1H. The van der Waals surface area contributed by atoms with Gasteiger partial charge in [-0.05, 0) is 32.0 Å². The SMILES string of the molecule is Cc1oc2ccc(O)cc2c1C(C)N.Cl. The molecule has 15 heavy (non-hydrogen) atoms. The van der Waals surface area contributed by atoms with E-state index in [0.29, 0.717) is 0 Å². The average Bonchev–Trinajstić information content (AvgIpc) is 2.40. The van der Waals surface area contributed by atoms with Gasteiger partial charge in [0.2, 0.25) is 0 Å².